The molecule has 3 aromatic heterocycles. The van der Waals surface area contributed by atoms with Gasteiger partial charge < -0.3 is 10.6 Å². The average Bonchev–Trinajstić information content (AvgIpc) is 2.79. The Balaban J connectivity index is 1.52. The summed E-state index contributed by atoms with van der Waals surface area (Å²) >= 11 is 0. The van der Waals surface area contributed by atoms with Crippen LogP contribution in [0.3, 0.4) is 0 Å². The van der Waals surface area contributed by atoms with E-state index in [0.717, 1.165) is 34.6 Å². The lowest BCUT2D eigenvalue weighted by atomic mass is 10.1. The number of hydrogen-bond acceptors (Lipinski definition) is 7. The molecule has 0 saturated heterocycles. The van der Waals surface area contributed by atoms with E-state index in [4.69, 9.17) is 0 Å². The molecule has 0 spiro atoms. The van der Waals surface area contributed by atoms with Crippen LogP contribution in [0.15, 0.2) is 67.3 Å². The Kier molecular flexibility index (Phi) is 6.16. The second kappa shape index (κ2) is 9.19. The van der Waals surface area contributed by atoms with E-state index in [2.05, 4.69) is 35.6 Å². The highest BCUT2D eigenvalue weighted by atomic mass is 19.4. The molecular formula is C23H20F3N7. The molecule has 10 heteroatoms. The van der Waals surface area contributed by atoms with Crippen molar-refractivity contribution in [2.45, 2.75) is 26.1 Å². The molecule has 0 amide bonds. The summed E-state index contributed by atoms with van der Waals surface area (Å²) in [7, 11) is 0. The molecule has 0 fully saturated rings. The zero-order chi connectivity index (χ0) is 23.4. The minimum absolute atomic E-state index is 0.0701. The second-order valence-electron chi connectivity index (χ2n) is 7.39. The fraction of sp³-hybridized carbons (Fsp3) is 0.174. The number of aryl methyl sites for hydroxylation is 1. The highest BCUT2D eigenvalue weighted by Crippen LogP contribution is 2.29. The standard InChI is InChI=1S/C23H20F3N7/c1-14-9-16(11-18(10-14)32-22-28-8-6-20(33-22)23(24,25)26)17-12-29-21(30-13-17)31-15(2)19-5-3-4-7-27-19/h3-13,15H,1-2H3,(H,28,32,33)(H,29,30,31). The first kappa shape index (κ1) is 22.1. The Hall–Kier alpha value is -4.08. The maximum atomic E-state index is 12.9. The lowest BCUT2D eigenvalue weighted by Crippen LogP contribution is -2.10. The largest absolute Gasteiger partial charge is 0.433 e. The van der Waals surface area contributed by atoms with Gasteiger partial charge >= 0.3 is 6.18 Å². The van der Waals surface area contributed by atoms with Gasteiger partial charge in [0.2, 0.25) is 11.9 Å². The third-order valence-corrected chi connectivity index (χ3v) is 4.74. The smallest absolute Gasteiger partial charge is 0.346 e. The van der Waals surface area contributed by atoms with Crippen LogP contribution in [0.1, 0.15) is 29.9 Å². The Morgan fingerprint density at radius 3 is 2.33 bits per heavy atom. The Bertz CT molecular complexity index is 1230. The van der Waals surface area contributed by atoms with E-state index in [9.17, 15) is 13.2 Å². The summed E-state index contributed by atoms with van der Waals surface area (Å²) in [5.74, 6) is 0.320. The van der Waals surface area contributed by atoms with Crippen LogP contribution in [0.25, 0.3) is 11.1 Å². The van der Waals surface area contributed by atoms with Crippen molar-refractivity contribution in [3.8, 4) is 11.1 Å². The van der Waals surface area contributed by atoms with E-state index in [-0.39, 0.29) is 12.0 Å². The summed E-state index contributed by atoms with van der Waals surface area (Å²) in [4.78, 5) is 20.5. The quantitative estimate of drug-likeness (QED) is 0.396. The first-order chi connectivity index (χ1) is 15.8. The van der Waals surface area contributed by atoms with Gasteiger partial charge in [-0.15, -0.1) is 0 Å². The van der Waals surface area contributed by atoms with Gasteiger partial charge in [0.1, 0.15) is 5.69 Å². The van der Waals surface area contributed by atoms with Gasteiger partial charge in [-0.25, -0.2) is 19.9 Å². The number of hydrogen-bond donors (Lipinski definition) is 2. The number of aromatic nitrogens is 5. The SMILES string of the molecule is Cc1cc(Nc2nccc(C(F)(F)F)n2)cc(-c2cnc(NC(C)c3ccccn3)nc2)c1. The van der Waals surface area contributed by atoms with Crippen LogP contribution >= 0.6 is 0 Å². The monoisotopic (exact) mass is 451 g/mol. The summed E-state index contributed by atoms with van der Waals surface area (Å²) in [5, 5.41) is 6.04. The number of pyridine rings is 1. The lowest BCUT2D eigenvalue weighted by Gasteiger charge is -2.13. The molecule has 0 saturated carbocycles. The molecule has 0 aliphatic heterocycles. The van der Waals surface area contributed by atoms with Crippen molar-refractivity contribution in [2.24, 2.45) is 0 Å². The fourth-order valence-corrected chi connectivity index (χ4v) is 3.18. The van der Waals surface area contributed by atoms with Crippen molar-refractivity contribution in [1.29, 1.82) is 0 Å². The predicted octanol–water partition coefficient (Wildman–Crippen LogP) is 5.57. The van der Waals surface area contributed by atoms with Crippen LogP contribution in [0.5, 0.6) is 0 Å². The molecule has 1 atom stereocenters. The Labute approximate surface area is 188 Å². The lowest BCUT2D eigenvalue weighted by molar-refractivity contribution is -0.141. The van der Waals surface area contributed by atoms with Crippen molar-refractivity contribution < 1.29 is 13.2 Å². The van der Waals surface area contributed by atoms with Crippen LogP contribution in [-0.2, 0) is 6.18 Å². The van der Waals surface area contributed by atoms with Crippen molar-refractivity contribution >= 4 is 17.6 Å². The molecule has 2 N–H and O–H groups in total. The predicted molar refractivity (Wildman–Crippen MR) is 119 cm³/mol. The van der Waals surface area contributed by atoms with Gasteiger partial charge in [0, 0.05) is 36.0 Å². The normalized spacial score (nSPS) is 12.3. The number of alkyl halides is 3. The molecule has 0 radical (unpaired) electrons. The number of anilines is 3. The zero-order valence-electron chi connectivity index (χ0n) is 17.8. The van der Waals surface area contributed by atoms with Gasteiger partial charge in [0.05, 0.1) is 11.7 Å². The van der Waals surface area contributed by atoms with E-state index in [1.165, 1.54) is 0 Å². The maximum absolute atomic E-state index is 12.9. The van der Waals surface area contributed by atoms with Gasteiger partial charge in [-0.3, -0.25) is 4.98 Å². The molecule has 3 heterocycles. The first-order valence-corrected chi connectivity index (χ1v) is 10.1. The zero-order valence-corrected chi connectivity index (χ0v) is 17.8. The summed E-state index contributed by atoms with van der Waals surface area (Å²) in [6.07, 6.45) is 1.61. The van der Waals surface area contributed by atoms with E-state index in [1.54, 1.807) is 30.7 Å². The molecular weight excluding hydrogens is 431 g/mol. The van der Waals surface area contributed by atoms with E-state index >= 15 is 0 Å². The van der Waals surface area contributed by atoms with Gasteiger partial charge in [-0.2, -0.15) is 13.2 Å². The van der Waals surface area contributed by atoms with E-state index < -0.39 is 11.9 Å². The fourth-order valence-electron chi connectivity index (χ4n) is 3.18. The van der Waals surface area contributed by atoms with Crippen LogP contribution in [0, 0.1) is 6.92 Å². The van der Waals surface area contributed by atoms with Crippen LogP contribution < -0.4 is 10.6 Å². The molecule has 0 bridgehead atoms. The second-order valence-corrected chi connectivity index (χ2v) is 7.39. The number of rotatable bonds is 6. The highest BCUT2D eigenvalue weighted by molar-refractivity contribution is 5.70. The van der Waals surface area contributed by atoms with Gasteiger partial charge in [-0.1, -0.05) is 12.1 Å². The van der Waals surface area contributed by atoms with Crippen molar-refractivity contribution in [3.63, 3.8) is 0 Å². The number of benzene rings is 1. The average molecular weight is 451 g/mol. The number of halogens is 3. The van der Waals surface area contributed by atoms with E-state index in [1.807, 2.05) is 38.1 Å². The Morgan fingerprint density at radius 2 is 1.64 bits per heavy atom. The van der Waals surface area contributed by atoms with Crippen molar-refractivity contribution in [3.05, 3.63) is 84.2 Å². The van der Waals surface area contributed by atoms with Gasteiger partial charge in [0.25, 0.3) is 0 Å². The summed E-state index contributed by atoms with van der Waals surface area (Å²) < 4.78 is 38.8. The van der Waals surface area contributed by atoms with Crippen molar-refractivity contribution in [2.75, 3.05) is 10.6 Å². The van der Waals surface area contributed by atoms with Crippen LogP contribution in [0.4, 0.5) is 30.8 Å². The summed E-state index contributed by atoms with van der Waals surface area (Å²) in [5.41, 5.74) is 2.86. The molecule has 7 nitrogen and oxygen atoms in total. The minimum atomic E-state index is -4.54. The molecule has 33 heavy (non-hydrogen) atoms. The molecule has 1 unspecified atom stereocenters. The third kappa shape index (κ3) is 5.59. The molecule has 0 aliphatic rings. The van der Waals surface area contributed by atoms with Gasteiger partial charge in [-0.05, 0) is 55.3 Å². The Morgan fingerprint density at radius 1 is 0.848 bits per heavy atom. The van der Waals surface area contributed by atoms with Crippen LogP contribution in [0.2, 0.25) is 0 Å². The third-order valence-electron chi connectivity index (χ3n) is 4.74. The molecule has 4 aromatic rings. The molecule has 0 aliphatic carbocycles. The molecule has 168 valence electrons. The summed E-state index contributed by atoms with van der Waals surface area (Å²) in [6, 6.07) is 11.9. The first-order valence-electron chi connectivity index (χ1n) is 10.1. The van der Waals surface area contributed by atoms with Gasteiger partial charge in [0.15, 0.2) is 0 Å². The van der Waals surface area contributed by atoms with Crippen molar-refractivity contribution in [1.82, 2.24) is 24.9 Å². The van der Waals surface area contributed by atoms with Crippen LogP contribution in [-0.4, -0.2) is 24.9 Å². The highest BCUT2D eigenvalue weighted by Gasteiger charge is 2.32. The number of nitrogens with zero attached hydrogens (tertiary/aromatic N) is 5. The van der Waals surface area contributed by atoms with E-state index in [0.29, 0.717) is 11.6 Å². The summed E-state index contributed by atoms with van der Waals surface area (Å²) in [6.45, 7) is 3.85. The molecule has 1 aromatic carbocycles. The topological polar surface area (TPSA) is 88.5 Å². The maximum Gasteiger partial charge on any atom is 0.433 e. The minimum Gasteiger partial charge on any atom is -0.346 e. The molecule has 4 rings (SSSR count). The number of nitrogens with one attached hydrogen (secondary N) is 2.